The van der Waals surface area contributed by atoms with E-state index in [1.54, 1.807) is 30.9 Å². The zero-order chi connectivity index (χ0) is 22.7. The zero-order valence-electron chi connectivity index (χ0n) is 18.3. The molecule has 31 heavy (non-hydrogen) atoms. The Morgan fingerprint density at radius 2 is 1.71 bits per heavy atom. The number of aromatic nitrogens is 3. The van der Waals surface area contributed by atoms with E-state index in [0.29, 0.717) is 22.9 Å². The maximum absolute atomic E-state index is 12.7. The molecule has 0 saturated heterocycles. The number of nitrogens with one attached hydrogen (secondary N) is 2. The number of carbonyl (C=O) groups excluding carboxylic acids is 2. The van der Waals surface area contributed by atoms with E-state index in [2.05, 4.69) is 20.7 Å². The summed E-state index contributed by atoms with van der Waals surface area (Å²) in [6, 6.07) is 4.03. The van der Waals surface area contributed by atoms with E-state index in [1.807, 2.05) is 6.92 Å². The minimum Gasteiger partial charge on any atom is -0.493 e. The third-order valence-electron chi connectivity index (χ3n) is 4.80. The van der Waals surface area contributed by atoms with Crippen LogP contribution in [0.2, 0.25) is 0 Å². The van der Waals surface area contributed by atoms with E-state index in [9.17, 15) is 9.59 Å². The molecule has 0 aliphatic carbocycles. The van der Waals surface area contributed by atoms with Crippen molar-refractivity contribution in [2.24, 2.45) is 7.05 Å². The third kappa shape index (κ3) is 4.37. The number of hydrogen-bond donors (Lipinski definition) is 2. The van der Waals surface area contributed by atoms with Crippen LogP contribution in [0.1, 0.15) is 23.0 Å². The number of anilines is 1. The summed E-state index contributed by atoms with van der Waals surface area (Å²) in [6.45, 7) is 3.46. The maximum Gasteiger partial charge on any atom is 0.252 e. The molecule has 1 atom stereocenters. The first-order chi connectivity index (χ1) is 14.8. The Hall–Kier alpha value is -3.82. The summed E-state index contributed by atoms with van der Waals surface area (Å²) in [6.07, 6.45) is 1.55. The number of methoxy groups -OCH3 is 3. The molecule has 2 aromatic heterocycles. The molecule has 3 aromatic rings. The van der Waals surface area contributed by atoms with E-state index < -0.39 is 11.9 Å². The Kier molecular flexibility index (Phi) is 6.28. The van der Waals surface area contributed by atoms with Gasteiger partial charge in [0.25, 0.3) is 5.91 Å². The van der Waals surface area contributed by atoms with Crippen molar-refractivity contribution < 1.29 is 23.8 Å². The van der Waals surface area contributed by atoms with Gasteiger partial charge in [0.15, 0.2) is 17.1 Å². The quantitative estimate of drug-likeness (QED) is 0.593. The molecule has 2 N–H and O–H groups in total. The SMILES string of the molecule is COc1cc(C(=O)N[C@@H](C)C(=O)Nc2cnc3c(c2)c(C)nn3C)cc(OC)c1OC. The summed E-state index contributed by atoms with van der Waals surface area (Å²) >= 11 is 0. The first-order valence-corrected chi connectivity index (χ1v) is 9.50. The lowest BCUT2D eigenvalue weighted by atomic mass is 10.1. The largest absolute Gasteiger partial charge is 0.493 e. The lowest BCUT2D eigenvalue weighted by Crippen LogP contribution is -2.41. The number of rotatable bonds is 7. The first kappa shape index (κ1) is 21.9. The molecule has 0 aliphatic heterocycles. The van der Waals surface area contributed by atoms with Gasteiger partial charge in [-0.1, -0.05) is 0 Å². The van der Waals surface area contributed by atoms with Gasteiger partial charge >= 0.3 is 0 Å². The summed E-state index contributed by atoms with van der Waals surface area (Å²) in [5.41, 5.74) is 2.31. The van der Waals surface area contributed by atoms with E-state index in [0.717, 1.165) is 16.7 Å². The molecule has 1 aromatic carbocycles. The second-order valence-corrected chi connectivity index (χ2v) is 6.90. The van der Waals surface area contributed by atoms with Gasteiger partial charge in [-0.25, -0.2) is 4.98 Å². The van der Waals surface area contributed by atoms with Crippen LogP contribution in [0.4, 0.5) is 5.69 Å². The van der Waals surface area contributed by atoms with E-state index in [-0.39, 0.29) is 11.5 Å². The van der Waals surface area contributed by atoms with Crippen molar-refractivity contribution in [1.82, 2.24) is 20.1 Å². The molecule has 0 unspecified atom stereocenters. The van der Waals surface area contributed by atoms with Crippen LogP contribution in [0, 0.1) is 6.92 Å². The van der Waals surface area contributed by atoms with Crippen LogP contribution >= 0.6 is 0 Å². The average Bonchev–Trinajstić information content (AvgIpc) is 3.05. The predicted molar refractivity (Wildman–Crippen MR) is 115 cm³/mol. The predicted octanol–water partition coefficient (Wildman–Crippen LogP) is 2.06. The van der Waals surface area contributed by atoms with Gasteiger partial charge in [0.05, 0.1) is 38.9 Å². The number of benzene rings is 1. The molecule has 0 radical (unpaired) electrons. The third-order valence-corrected chi connectivity index (χ3v) is 4.80. The van der Waals surface area contributed by atoms with Crippen molar-refractivity contribution >= 4 is 28.5 Å². The second-order valence-electron chi connectivity index (χ2n) is 6.90. The number of amides is 2. The van der Waals surface area contributed by atoms with E-state index >= 15 is 0 Å². The number of hydrogen-bond acceptors (Lipinski definition) is 7. The fraction of sp³-hybridized carbons (Fsp3) is 0.333. The Labute approximate surface area is 179 Å². The van der Waals surface area contributed by atoms with Gasteiger partial charge in [0.2, 0.25) is 11.7 Å². The van der Waals surface area contributed by atoms with Crippen molar-refractivity contribution in [2.45, 2.75) is 19.9 Å². The lowest BCUT2D eigenvalue weighted by Gasteiger charge is -2.16. The Morgan fingerprint density at radius 3 is 2.29 bits per heavy atom. The van der Waals surface area contributed by atoms with Gasteiger partial charge in [-0.15, -0.1) is 0 Å². The van der Waals surface area contributed by atoms with Crippen LogP contribution in [-0.2, 0) is 11.8 Å². The van der Waals surface area contributed by atoms with Crippen molar-refractivity contribution in [3.63, 3.8) is 0 Å². The molecule has 10 heteroatoms. The standard InChI is InChI=1S/C21H25N5O5/c1-11-15-9-14(10-22-19(15)26(3)25-11)24-20(27)12(2)23-21(28)13-7-16(29-4)18(31-6)17(8-13)30-5/h7-10,12H,1-6H3,(H,23,28)(H,24,27)/t12-/m0/s1. The monoisotopic (exact) mass is 427 g/mol. The average molecular weight is 427 g/mol. The van der Waals surface area contributed by atoms with Crippen LogP contribution < -0.4 is 24.8 Å². The van der Waals surface area contributed by atoms with Gasteiger partial charge in [0.1, 0.15) is 6.04 Å². The van der Waals surface area contributed by atoms with Crippen molar-refractivity contribution in [2.75, 3.05) is 26.6 Å². The highest BCUT2D eigenvalue weighted by molar-refractivity contribution is 6.02. The molecule has 10 nitrogen and oxygen atoms in total. The van der Waals surface area contributed by atoms with Crippen molar-refractivity contribution in [1.29, 1.82) is 0 Å². The number of fused-ring (bicyclic) bond motifs is 1. The topological polar surface area (TPSA) is 117 Å². The molecule has 3 rings (SSSR count). The number of carbonyl (C=O) groups is 2. The summed E-state index contributed by atoms with van der Waals surface area (Å²) in [5.74, 6) is 0.216. The smallest absolute Gasteiger partial charge is 0.252 e. The Morgan fingerprint density at radius 1 is 1.06 bits per heavy atom. The molecule has 2 amide bonds. The van der Waals surface area contributed by atoms with Gasteiger partial charge in [-0.2, -0.15) is 5.10 Å². The maximum atomic E-state index is 12.7. The molecular formula is C21H25N5O5. The highest BCUT2D eigenvalue weighted by Gasteiger charge is 2.21. The first-order valence-electron chi connectivity index (χ1n) is 9.50. The van der Waals surface area contributed by atoms with Gasteiger partial charge in [0, 0.05) is 18.0 Å². The molecule has 164 valence electrons. The van der Waals surface area contributed by atoms with Crippen LogP contribution in [0.25, 0.3) is 11.0 Å². The van der Waals surface area contributed by atoms with Gasteiger partial charge in [-0.05, 0) is 32.0 Å². The Bertz CT molecular complexity index is 1120. The molecule has 0 spiro atoms. The van der Waals surface area contributed by atoms with Crippen LogP contribution in [-0.4, -0.2) is 54.0 Å². The molecule has 2 heterocycles. The molecule has 0 bridgehead atoms. The highest BCUT2D eigenvalue weighted by atomic mass is 16.5. The van der Waals surface area contributed by atoms with Gasteiger partial charge < -0.3 is 24.8 Å². The van der Waals surface area contributed by atoms with Crippen LogP contribution in [0.15, 0.2) is 24.4 Å². The summed E-state index contributed by atoms with van der Waals surface area (Å²) in [5, 5.41) is 10.6. The minimum absolute atomic E-state index is 0.267. The molecule has 0 saturated carbocycles. The van der Waals surface area contributed by atoms with Crippen molar-refractivity contribution in [3.05, 3.63) is 35.7 Å². The number of aryl methyl sites for hydroxylation is 2. The highest BCUT2D eigenvalue weighted by Crippen LogP contribution is 2.38. The fourth-order valence-corrected chi connectivity index (χ4v) is 3.18. The summed E-state index contributed by atoms with van der Waals surface area (Å²) in [7, 11) is 6.21. The molecule has 0 fully saturated rings. The summed E-state index contributed by atoms with van der Waals surface area (Å²) in [4.78, 5) is 29.6. The zero-order valence-corrected chi connectivity index (χ0v) is 18.3. The van der Waals surface area contributed by atoms with E-state index in [1.165, 1.54) is 33.5 Å². The number of nitrogens with zero attached hydrogens (tertiary/aromatic N) is 3. The van der Waals surface area contributed by atoms with E-state index in [4.69, 9.17) is 14.2 Å². The number of pyridine rings is 1. The summed E-state index contributed by atoms with van der Waals surface area (Å²) < 4.78 is 17.5. The normalized spacial score (nSPS) is 11.7. The lowest BCUT2D eigenvalue weighted by molar-refractivity contribution is -0.117. The van der Waals surface area contributed by atoms with Crippen LogP contribution in [0.5, 0.6) is 17.2 Å². The van der Waals surface area contributed by atoms with Crippen molar-refractivity contribution in [3.8, 4) is 17.2 Å². The molecular weight excluding hydrogens is 402 g/mol. The van der Waals surface area contributed by atoms with Crippen LogP contribution in [0.3, 0.4) is 0 Å². The Balaban J connectivity index is 1.73. The molecule has 0 aliphatic rings. The number of ether oxygens (including phenoxy) is 3. The second kappa shape index (κ2) is 8.90. The minimum atomic E-state index is -0.808. The van der Waals surface area contributed by atoms with Gasteiger partial charge in [-0.3, -0.25) is 14.3 Å². The fourth-order valence-electron chi connectivity index (χ4n) is 3.18.